The normalized spacial score (nSPS) is 11.0. The van der Waals surface area contributed by atoms with Crippen molar-refractivity contribution in [2.75, 3.05) is 5.32 Å². The number of benzene rings is 1. The van der Waals surface area contributed by atoms with Gasteiger partial charge < -0.3 is 9.47 Å². The molecule has 1 amide bonds. The summed E-state index contributed by atoms with van der Waals surface area (Å²) in [5.74, 6) is 0.668. The number of rotatable bonds is 3. The fourth-order valence-electron chi connectivity index (χ4n) is 1.57. The van der Waals surface area contributed by atoms with Crippen LogP contribution in [0.15, 0.2) is 24.5 Å². The van der Waals surface area contributed by atoms with Gasteiger partial charge in [0, 0.05) is 17.2 Å². The fourth-order valence-corrected chi connectivity index (χ4v) is 1.97. The molecule has 0 bridgehead atoms. The number of nitrogens with zero attached hydrogens (tertiary/aromatic N) is 2. The fraction of sp³-hybridized carbons (Fsp3) is 0.357. The molecule has 112 valence electrons. The monoisotopic (exact) mass is 307 g/mol. The van der Waals surface area contributed by atoms with E-state index in [0.29, 0.717) is 16.6 Å². The van der Waals surface area contributed by atoms with Gasteiger partial charge in [-0.3, -0.25) is 5.32 Å². The summed E-state index contributed by atoms with van der Waals surface area (Å²) in [6.07, 6.45) is 0.952. The minimum atomic E-state index is -0.528. The molecule has 0 fully saturated rings. The number of carbonyl (C=O) groups is 1. The average Bonchev–Trinajstić information content (AvgIpc) is 2.83. The highest BCUT2D eigenvalue weighted by Gasteiger charge is 2.16. The van der Waals surface area contributed by atoms with Crippen molar-refractivity contribution in [1.29, 1.82) is 0 Å². The number of aromatic nitrogens is 2. The first-order chi connectivity index (χ1) is 9.83. The molecule has 1 heterocycles. The van der Waals surface area contributed by atoms with Crippen molar-refractivity contribution in [3.05, 3.63) is 30.1 Å². The molecule has 0 spiro atoms. The third-order valence-electron chi connectivity index (χ3n) is 2.36. The Kier molecular flexibility index (Phi) is 4.42. The van der Waals surface area contributed by atoms with E-state index in [1.807, 2.05) is 27.7 Å². The van der Waals surface area contributed by atoms with Gasteiger partial charge in [-0.2, -0.15) is 9.36 Å². The number of carbonyl (C=O) groups excluding carboxylic acids is 1. The van der Waals surface area contributed by atoms with Gasteiger partial charge in [-0.1, -0.05) is 0 Å². The molecule has 0 aliphatic carbocycles. The molecule has 0 aliphatic heterocycles. The first-order valence-electron chi connectivity index (χ1n) is 6.39. The highest BCUT2D eigenvalue weighted by Crippen LogP contribution is 2.27. The second-order valence-corrected chi connectivity index (χ2v) is 6.16. The molecule has 1 aromatic carbocycles. The average molecular weight is 307 g/mol. The topological polar surface area (TPSA) is 73.3 Å². The zero-order valence-electron chi connectivity index (χ0n) is 12.3. The summed E-state index contributed by atoms with van der Waals surface area (Å²) in [5.41, 5.74) is 0.991. The van der Waals surface area contributed by atoms with Gasteiger partial charge in [-0.05, 0) is 51.5 Å². The second-order valence-electron chi connectivity index (χ2n) is 5.42. The van der Waals surface area contributed by atoms with Crippen molar-refractivity contribution in [3.8, 4) is 10.9 Å². The van der Waals surface area contributed by atoms with Crippen LogP contribution in [0.1, 0.15) is 26.3 Å². The molecule has 0 atom stereocenters. The molecule has 1 N–H and O–H groups in total. The summed E-state index contributed by atoms with van der Waals surface area (Å²) in [6, 6.07) is 5.32. The van der Waals surface area contributed by atoms with Crippen LogP contribution in [0.4, 0.5) is 10.5 Å². The molecule has 0 unspecified atom stereocenters. The van der Waals surface area contributed by atoms with E-state index in [-0.39, 0.29) is 0 Å². The van der Waals surface area contributed by atoms with Gasteiger partial charge in [0.05, 0.1) is 0 Å². The van der Waals surface area contributed by atoms with E-state index >= 15 is 0 Å². The summed E-state index contributed by atoms with van der Waals surface area (Å²) in [6.45, 7) is 7.33. The van der Waals surface area contributed by atoms with Crippen LogP contribution in [0.2, 0.25) is 0 Å². The molecule has 0 aliphatic rings. The van der Waals surface area contributed by atoms with Crippen LogP contribution < -0.4 is 10.1 Å². The van der Waals surface area contributed by atoms with Crippen LogP contribution >= 0.6 is 11.5 Å². The summed E-state index contributed by atoms with van der Waals surface area (Å²) in [5, 5.41) is 3.16. The number of aryl methyl sites for hydroxylation is 1. The third kappa shape index (κ3) is 4.71. The molecule has 1 aromatic heterocycles. The van der Waals surface area contributed by atoms with E-state index in [2.05, 4.69) is 14.7 Å². The van der Waals surface area contributed by atoms with E-state index in [0.717, 1.165) is 5.56 Å². The maximum Gasteiger partial charge on any atom is 0.412 e. The number of hydrogen-bond acceptors (Lipinski definition) is 6. The Bertz CT molecular complexity index is 621. The molecule has 21 heavy (non-hydrogen) atoms. The van der Waals surface area contributed by atoms with Gasteiger partial charge in [-0.15, -0.1) is 0 Å². The minimum Gasteiger partial charge on any atom is -0.444 e. The summed E-state index contributed by atoms with van der Waals surface area (Å²) in [7, 11) is 0. The molecular weight excluding hydrogens is 290 g/mol. The van der Waals surface area contributed by atoms with E-state index in [4.69, 9.17) is 9.47 Å². The maximum atomic E-state index is 11.7. The number of nitrogens with one attached hydrogen (secondary N) is 1. The van der Waals surface area contributed by atoms with Crippen LogP contribution in [0, 0.1) is 6.92 Å². The summed E-state index contributed by atoms with van der Waals surface area (Å²) >= 11 is 1.17. The Morgan fingerprint density at radius 1 is 1.33 bits per heavy atom. The SMILES string of the molecule is Cc1cc(NC(=O)OC(C)(C)C)ccc1Oc1ncns1. The predicted octanol–water partition coefficient (Wildman–Crippen LogP) is 3.99. The van der Waals surface area contributed by atoms with Crippen LogP contribution in [0.25, 0.3) is 0 Å². The lowest BCUT2D eigenvalue weighted by Crippen LogP contribution is -2.27. The van der Waals surface area contributed by atoms with Crippen molar-refractivity contribution in [3.63, 3.8) is 0 Å². The molecule has 0 saturated carbocycles. The smallest absolute Gasteiger partial charge is 0.412 e. The minimum absolute atomic E-state index is 0.478. The van der Waals surface area contributed by atoms with Gasteiger partial charge >= 0.3 is 6.09 Å². The largest absolute Gasteiger partial charge is 0.444 e. The van der Waals surface area contributed by atoms with Crippen molar-refractivity contribution in [1.82, 2.24) is 9.36 Å². The third-order valence-corrected chi connectivity index (χ3v) is 2.90. The van der Waals surface area contributed by atoms with Gasteiger partial charge in [0.2, 0.25) is 0 Å². The van der Waals surface area contributed by atoms with Crippen molar-refractivity contribution >= 4 is 23.3 Å². The number of ether oxygens (including phenoxy) is 2. The van der Waals surface area contributed by atoms with Crippen molar-refractivity contribution in [2.45, 2.75) is 33.3 Å². The van der Waals surface area contributed by atoms with E-state index in [1.54, 1.807) is 18.2 Å². The highest BCUT2D eigenvalue weighted by molar-refractivity contribution is 7.07. The highest BCUT2D eigenvalue weighted by atomic mass is 32.1. The number of amides is 1. The lowest BCUT2D eigenvalue weighted by molar-refractivity contribution is 0.0636. The molecular formula is C14H17N3O3S. The van der Waals surface area contributed by atoms with Gasteiger partial charge in [-0.25, -0.2) is 4.79 Å². The van der Waals surface area contributed by atoms with E-state index in [9.17, 15) is 4.79 Å². The van der Waals surface area contributed by atoms with E-state index < -0.39 is 11.7 Å². The van der Waals surface area contributed by atoms with Crippen LogP contribution in [-0.4, -0.2) is 21.1 Å². The molecule has 6 nitrogen and oxygen atoms in total. The second kappa shape index (κ2) is 6.09. The van der Waals surface area contributed by atoms with Crippen LogP contribution in [0.3, 0.4) is 0 Å². The Hall–Kier alpha value is -2.15. The first-order valence-corrected chi connectivity index (χ1v) is 7.16. The Morgan fingerprint density at radius 2 is 2.10 bits per heavy atom. The van der Waals surface area contributed by atoms with E-state index in [1.165, 1.54) is 17.9 Å². The van der Waals surface area contributed by atoms with Crippen LogP contribution in [-0.2, 0) is 4.74 Å². The predicted molar refractivity (Wildman–Crippen MR) is 81.0 cm³/mol. The van der Waals surface area contributed by atoms with Crippen molar-refractivity contribution < 1.29 is 14.3 Å². The summed E-state index contributed by atoms with van der Waals surface area (Å²) in [4.78, 5) is 15.7. The zero-order chi connectivity index (χ0) is 15.5. The van der Waals surface area contributed by atoms with Gasteiger partial charge in [0.15, 0.2) is 0 Å². The molecule has 2 aromatic rings. The molecule has 0 radical (unpaired) electrons. The first kappa shape index (κ1) is 15.2. The zero-order valence-corrected chi connectivity index (χ0v) is 13.2. The molecule has 2 rings (SSSR count). The Balaban J connectivity index is 2.03. The van der Waals surface area contributed by atoms with Gasteiger partial charge in [0.1, 0.15) is 17.7 Å². The standard InChI is InChI=1S/C14H17N3O3S/c1-9-7-10(17-12(18)20-14(2,3)4)5-6-11(9)19-13-15-8-16-21-13/h5-8H,1-4H3,(H,17,18). The molecule has 0 saturated heterocycles. The maximum absolute atomic E-state index is 11.7. The Labute approximate surface area is 127 Å². The van der Waals surface area contributed by atoms with Gasteiger partial charge in [0.25, 0.3) is 5.19 Å². The summed E-state index contributed by atoms with van der Waals surface area (Å²) < 4.78 is 14.7. The number of anilines is 1. The van der Waals surface area contributed by atoms with Crippen molar-refractivity contribution in [2.24, 2.45) is 0 Å². The molecule has 7 heteroatoms. The Morgan fingerprint density at radius 3 is 2.67 bits per heavy atom. The quantitative estimate of drug-likeness (QED) is 0.928. The van der Waals surface area contributed by atoms with Crippen LogP contribution in [0.5, 0.6) is 10.9 Å². The number of hydrogen-bond donors (Lipinski definition) is 1. The lowest BCUT2D eigenvalue weighted by atomic mass is 10.2. The lowest BCUT2D eigenvalue weighted by Gasteiger charge is -2.19.